The lowest BCUT2D eigenvalue weighted by Crippen LogP contribution is -2.19. The summed E-state index contributed by atoms with van der Waals surface area (Å²) in [5, 5.41) is 0. The van der Waals surface area contributed by atoms with Gasteiger partial charge in [-0.15, -0.1) is 0 Å². The van der Waals surface area contributed by atoms with Crippen LogP contribution in [0.2, 0.25) is 0 Å². The first kappa shape index (κ1) is 13.4. The minimum Gasteiger partial charge on any atom is -0.256 e. The molecule has 0 amide bonds. The molecule has 0 radical (unpaired) electrons. The van der Waals surface area contributed by atoms with Gasteiger partial charge in [-0.3, -0.25) is 4.98 Å². The van der Waals surface area contributed by atoms with Gasteiger partial charge in [0.2, 0.25) is 0 Å². The van der Waals surface area contributed by atoms with Gasteiger partial charge in [0.05, 0.1) is 5.69 Å². The van der Waals surface area contributed by atoms with Crippen LogP contribution in [0.15, 0.2) is 48.7 Å². The van der Waals surface area contributed by atoms with Crippen LogP contribution < -0.4 is 0 Å². The minimum atomic E-state index is 0.356. The van der Waals surface area contributed by atoms with Gasteiger partial charge in [0, 0.05) is 6.20 Å². The zero-order chi connectivity index (χ0) is 14.2. The molecule has 104 valence electrons. The SMILES string of the molecule is CC=CC1(C2CC=CC=C2c2ncccc2C)CC1C. The van der Waals surface area contributed by atoms with Crippen LogP contribution in [0.1, 0.15) is 37.9 Å². The highest BCUT2D eigenvalue weighted by Crippen LogP contribution is 2.63. The molecule has 0 aromatic carbocycles. The molecule has 0 saturated heterocycles. The van der Waals surface area contributed by atoms with E-state index in [2.05, 4.69) is 62.2 Å². The fourth-order valence-electron chi connectivity index (χ4n) is 3.79. The predicted octanol–water partition coefficient (Wildman–Crippen LogP) is 4.95. The molecular weight excluding hydrogens is 242 g/mol. The topological polar surface area (TPSA) is 12.9 Å². The van der Waals surface area contributed by atoms with Crippen molar-refractivity contribution in [1.82, 2.24) is 4.98 Å². The molecule has 1 aromatic heterocycles. The maximum Gasteiger partial charge on any atom is 0.0693 e. The summed E-state index contributed by atoms with van der Waals surface area (Å²) in [5.74, 6) is 1.36. The van der Waals surface area contributed by atoms with Crippen molar-refractivity contribution >= 4 is 5.57 Å². The molecule has 0 spiro atoms. The molecule has 1 aromatic rings. The molecule has 0 aliphatic heterocycles. The van der Waals surface area contributed by atoms with E-state index in [0.717, 1.165) is 12.3 Å². The number of aromatic nitrogens is 1. The second kappa shape index (κ2) is 5.05. The molecule has 0 bridgehead atoms. The first-order valence-corrected chi connectivity index (χ1v) is 7.61. The molecule has 1 heterocycles. The van der Waals surface area contributed by atoms with E-state index in [1.165, 1.54) is 23.3 Å². The van der Waals surface area contributed by atoms with Crippen molar-refractivity contribution in [2.24, 2.45) is 17.3 Å². The van der Waals surface area contributed by atoms with E-state index >= 15 is 0 Å². The zero-order valence-electron chi connectivity index (χ0n) is 12.6. The summed E-state index contributed by atoms with van der Waals surface area (Å²) >= 11 is 0. The first-order valence-electron chi connectivity index (χ1n) is 7.61. The predicted molar refractivity (Wildman–Crippen MR) is 85.2 cm³/mol. The van der Waals surface area contributed by atoms with Crippen LogP contribution in [-0.2, 0) is 0 Å². The Labute approximate surface area is 122 Å². The average molecular weight is 265 g/mol. The molecule has 2 aliphatic rings. The Balaban J connectivity index is 2.02. The summed E-state index contributed by atoms with van der Waals surface area (Å²) in [4.78, 5) is 4.65. The second-order valence-corrected chi connectivity index (χ2v) is 6.22. The number of pyridine rings is 1. The van der Waals surface area contributed by atoms with E-state index in [1.807, 2.05) is 12.3 Å². The van der Waals surface area contributed by atoms with Gasteiger partial charge < -0.3 is 0 Å². The van der Waals surface area contributed by atoms with Gasteiger partial charge in [-0.25, -0.2) is 0 Å². The molecule has 0 N–H and O–H groups in total. The largest absolute Gasteiger partial charge is 0.256 e. The summed E-state index contributed by atoms with van der Waals surface area (Å²) in [6.07, 6.45) is 15.8. The van der Waals surface area contributed by atoms with Crippen molar-refractivity contribution in [3.05, 3.63) is 60.0 Å². The lowest BCUT2D eigenvalue weighted by atomic mass is 9.75. The van der Waals surface area contributed by atoms with Gasteiger partial charge in [0.1, 0.15) is 0 Å². The standard InChI is InChI=1S/C19H23N/c1-4-11-19(13-15(19)3)17-10-6-5-9-16(17)18-14(2)8-7-12-20-18/h4-9,11-12,15,17H,10,13H2,1-3H3. The summed E-state index contributed by atoms with van der Waals surface area (Å²) in [7, 11) is 0. The molecule has 1 heteroatoms. The van der Waals surface area contributed by atoms with Crippen LogP contribution in [0.25, 0.3) is 5.57 Å². The highest BCUT2D eigenvalue weighted by atomic mass is 14.7. The number of allylic oxidation sites excluding steroid dienone is 6. The monoisotopic (exact) mass is 265 g/mol. The van der Waals surface area contributed by atoms with E-state index in [0.29, 0.717) is 11.3 Å². The summed E-state index contributed by atoms with van der Waals surface area (Å²) < 4.78 is 0. The Morgan fingerprint density at radius 3 is 2.85 bits per heavy atom. The summed E-state index contributed by atoms with van der Waals surface area (Å²) in [6, 6.07) is 4.19. The normalized spacial score (nSPS) is 32.5. The number of nitrogens with zero attached hydrogens (tertiary/aromatic N) is 1. The van der Waals surface area contributed by atoms with Crippen molar-refractivity contribution in [3.63, 3.8) is 0 Å². The number of hydrogen-bond donors (Lipinski definition) is 0. The molecule has 2 aliphatic carbocycles. The lowest BCUT2D eigenvalue weighted by Gasteiger charge is -2.29. The van der Waals surface area contributed by atoms with E-state index in [4.69, 9.17) is 0 Å². The average Bonchev–Trinajstić information content (AvgIpc) is 3.11. The summed E-state index contributed by atoms with van der Waals surface area (Å²) in [5.41, 5.74) is 4.25. The maximum absolute atomic E-state index is 4.65. The van der Waals surface area contributed by atoms with Gasteiger partial charge in [-0.1, -0.05) is 43.4 Å². The van der Waals surface area contributed by atoms with Gasteiger partial charge in [0.15, 0.2) is 0 Å². The fraction of sp³-hybridized carbons (Fsp3) is 0.421. The van der Waals surface area contributed by atoms with E-state index in [-0.39, 0.29) is 0 Å². The van der Waals surface area contributed by atoms with Gasteiger partial charge in [-0.2, -0.15) is 0 Å². The molecule has 3 unspecified atom stereocenters. The Morgan fingerprint density at radius 2 is 2.20 bits per heavy atom. The third-order valence-electron chi connectivity index (χ3n) is 4.98. The van der Waals surface area contributed by atoms with Crippen molar-refractivity contribution < 1.29 is 0 Å². The van der Waals surface area contributed by atoms with Crippen molar-refractivity contribution in [2.75, 3.05) is 0 Å². The second-order valence-electron chi connectivity index (χ2n) is 6.22. The Morgan fingerprint density at radius 1 is 1.40 bits per heavy atom. The molecular formula is C19H23N. The lowest BCUT2D eigenvalue weighted by molar-refractivity contribution is 0.437. The number of rotatable bonds is 3. The van der Waals surface area contributed by atoms with Gasteiger partial charge in [-0.05, 0) is 61.1 Å². The summed E-state index contributed by atoms with van der Waals surface area (Å²) in [6.45, 7) is 6.68. The Bertz CT molecular complexity index is 594. The third kappa shape index (κ3) is 2.06. The molecule has 3 atom stereocenters. The highest BCUT2D eigenvalue weighted by Gasteiger charge is 2.55. The van der Waals surface area contributed by atoms with Gasteiger partial charge >= 0.3 is 0 Å². The molecule has 3 rings (SSSR count). The van der Waals surface area contributed by atoms with Crippen LogP contribution in [0.3, 0.4) is 0 Å². The molecule has 20 heavy (non-hydrogen) atoms. The smallest absolute Gasteiger partial charge is 0.0693 e. The first-order chi connectivity index (χ1) is 9.69. The molecule has 1 nitrogen and oxygen atoms in total. The van der Waals surface area contributed by atoms with Crippen LogP contribution in [-0.4, -0.2) is 4.98 Å². The Kier molecular flexibility index (Phi) is 3.37. The number of hydrogen-bond acceptors (Lipinski definition) is 1. The molecule has 1 fully saturated rings. The van der Waals surface area contributed by atoms with Gasteiger partial charge in [0.25, 0.3) is 0 Å². The van der Waals surface area contributed by atoms with E-state index < -0.39 is 0 Å². The molecule has 1 saturated carbocycles. The van der Waals surface area contributed by atoms with Crippen LogP contribution in [0.4, 0.5) is 0 Å². The quantitative estimate of drug-likeness (QED) is 0.704. The van der Waals surface area contributed by atoms with Crippen LogP contribution in [0.5, 0.6) is 0 Å². The fourth-order valence-corrected chi connectivity index (χ4v) is 3.79. The van der Waals surface area contributed by atoms with Crippen LogP contribution >= 0.6 is 0 Å². The maximum atomic E-state index is 4.65. The highest BCUT2D eigenvalue weighted by molar-refractivity contribution is 5.71. The zero-order valence-corrected chi connectivity index (χ0v) is 12.6. The third-order valence-corrected chi connectivity index (χ3v) is 4.98. The minimum absolute atomic E-state index is 0.356. The van der Waals surface area contributed by atoms with E-state index in [9.17, 15) is 0 Å². The van der Waals surface area contributed by atoms with Crippen LogP contribution in [0, 0.1) is 24.2 Å². The van der Waals surface area contributed by atoms with E-state index in [1.54, 1.807) is 0 Å². The number of aryl methyl sites for hydroxylation is 1. The Hall–Kier alpha value is -1.63. The van der Waals surface area contributed by atoms with Crippen molar-refractivity contribution in [2.45, 2.75) is 33.6 Å². The van der Waals surface area contributed by atoms with Crippen molar-refractivity contribution in [1.29, 1.82) is 0 Å². The van der Waals surface area contributed by atoms with Crippen molar-refractivity contribution in [3.8, 4) is 0 Å².